The second kappa shape index (κ2) is 3.96. The van der Waals surface area contributed by atoms with E-state index in [0.717, 1.165) is 11.6 Å². The predicted octanol–water partition coefficient (Wildman–Crippen LogP) is 3.08. The standard InChI is InChI=1S/C13H20N2O/c1-9(2)16-10-6-5-7-14-12(10)15-11-8-13(11,3)4/h5-7,9,11H,8H2,1-4H3,(H,14,15). The van der Waals surface area contributed by atoms with Gasteiger partial charge in [0.1, 0.15) is 0 Å². The summed E-state index contributed by atoms with van der Waals surface area (Å²) < 4.78 is 5.72. The van der Waals surface area contributed by atoms with Crippen LogP contribution in [0.25, 0.3) is 0 Å². The van der Waals surface area contributed by atoms with Crippen molar-refractivity contribution in [3.63, 3.8) is 0 Å². The Morgan fingerprint density at radius 1 is 1.50 bits per heavy atom. The van der Waals surface area contributed by atoms with Crippen LogP contribution in [0.4, 0.5) is 5.82 Å². The van der Waals surface area contributed by atoms with E-state index in [1.165, 1.54) is 6.42 Å². The minimum absolute atomic E-state index is 0.178. The van der Waals surface area contributed by atoms with Gasteiger partial charge in [-0.2, -0.15) is 0 Å². The molecule has 2 rings (SSSR count). The first kappa shape index (κ1) is 11.2. The van der Waals surface area contributed by atoms with Crippen molar-refractivity contribution in [2.75, 3.05) is 5.32 Å². The minimum atomic E-state index is 0.178. The van der Waals surface area contributed by atoms with Crippen molar-refractivity contribution in [2.45, 2.75) is 46.3 Å². The Bertz CT molecular complexity index is 374. The molecule has 1 N–H and O–H groups in total. The van der Waals surface area contributed by atoms with Crippen LogP contribution < -0.4 is 10.1 Å². The van der Waals surface area contributed by atoms with E-state index in [1.54, 1.807) is 6.20 Å². The van der Waals surface area contributed by atoms with Crippen molar-refractivity contribution < 1.29 is 4.74 Å². The molecule has 0 aliphatic heterocycles. The molecular formula is C13H20N2O. The van der Waals surface area contributed by atoms with E-state index in [1.807, 2.05) is 26.0 Å². The van der Waals surface area contributed by atoms with E-state index < -0.39 is 0 Å². The SMILES string of the molecule is CC(C)Oc1cccnc1NC1CC1(C)C. The Balaban J connectivity index is 2.08. The van der Waals surface area contributed by atoms with Gasteiger partial charge in [0, 0.05) is 12.2 Å². The van der Waals surface area contributed by atoms with Gasteiger partial charge in [-0.15, -0.1) is 0 Å². The molecule has 1 atom stereocenters. The van der Waals surface area contributed by atoms with E-state index in [4.69, 9.17) is 4.74 Å². The molecule has 1 aliphatic carbocycles. The first-order valence-electron chi connectivity index (χ1n) is 5.87. The fraction of sp³-hybridized carbons (Fsp3) is 0.615. The summed E-state index contributed by atoms with van der Waals surface area (Å²) in [6, 6.07) is 4.39. The van der Waals surface area contributed by atoms with E-state index >= 15 is 0 Å². The zero-order chi connectivity index (χ0) is 11.8. The topological polar surface area (TPSA) is 34.1 Å². The summed E-state index contributed by atoms with van der Waals surface area (Å²) in [6.45, 7) is 8.57. The molecule has 1 aromatic rings. The van der Waals surface area contributed by atoms with Crippen LogP contribution in [0.15, 0.2) is 18.3 Å². The van der Waals surface area contributed by atoms with Crippen LogP contribution >= 0.6 is 0 Å². The van der Waals surface area contributed by atoms with Gasteiger partial charge in [0.25, 0.3) is 0 Å². The summed E-state index contributed by atoms with van der Waals surface area (Å²) in [7, 11) is 0. The van der Waals surface area contributed by atoms with Crippen molar-refractivity contribution >= 4 is 5.82 Å². The molecule has 16 heavy (non-hydrogen) atoms. The molecule has 0 amide bonds. The van der Waals surface area contributed by atoms with Crippen LogP contribution in [0.1, 0.15) is 34.1 Å². The first-order chi connectivity index (χ1) is 7.49. The van der Waals surface area contributed by atoms with E-state index in [0.29, 0.717) is 11.5 Å². The lowest BCUT2D eigenvalue weighted by atomic mass is 10.2. The first-order valence-corrected chi connectivity index (χ1v) is 5.87. The molecule has 0 bridgehead atoms. The van der Waals surface area contributed by atoms with Gasteiger partial charge in [0.15, 0.2) is 11.6 Å². The number of nitrogens with zero attached hydrogens (tertiary/aromatic N) is 1. The number of nitrogens with one attached hydrogen (secondary N) is 1. The largest absolute Gasteiger partial charge is 0.487 e. The van der Waals surface area contributed by atoms with Gasteiger partial charge in [0.2, 0.25) is 0 Å². The Morgan fingerprint density at radius 2 is 2.19 bits per heavy atom. The summed E-state index contributed by atoms with van der Waals surface area (Å²) >= 11 is 0. The smallest absolute Gasteiger partial charge is 0.169 e. The molecule has 1 aromatic heterocycles. The summed E-state index contributed by atoms with van der Waals surface area (Å²) in [4.78, 5) is 4.34. The molecule has 1 heterocycles. The molecule has 3 heteroatoms. The second-order valence-corrected chi connectivity index (χ2v) is 5.41. The molecule has 1 aliphatic rings. The zero-order valence-electron chi connectivity index (χ0n) is 10.4. The maximum absolute atomic E-state index is 5.72. The molecule has 1 saturated carbocycles. The Hall–Kier alpha value is -1.25. The van der Waals surface area contributed by atoms with Crippen LogP contribution in [0.2, 0.25) is 0 Å². The predicted molar refractivity (Wildman–Crippen MR) is 65.8 cm³/mol. The Kier molecular flexibility index (Phi) is 2.78. The monoisotopic (exact) mass is 220 g/mol. The quantitative estimate of drug-likeness (QED) is 0.846. The Morgan fingerprint density at radius 3 is 2.75 bits per heavy atom. The van der Waals surface area contributed by atoms with E-state index in [2.05, 4.69) is 24.1 Å². The maximum Gasteiger partial charge on any atom is 0.169 e. The van der Waals surface area contributed by atoms with Crippen molar-refractivity contribution in [1.82, 2.24) is 4.98 Å². The van der Waals surface area contributed by atoms with Crippen LogP contribution in [-0.2, 0) is 0 Å². The highest BCUT2D eigenvalue weighted by Gasteiger charge is 2.46. The molecule has 1 unspecified atom stereocenters. The minimum Gasteiger partial charge on any atom is -0.487 e. The highest BCUT2D eigenvalue weighted by molar-refractivity contribution is 5.51. The summed E-state index contributed by atoms with van der Waals surface area (Å²) in [5.74, 6) is 1.71. The molecule has 0 saturated heterocycles. The lowest BCUT2D eigenvalue weighted by Crippen LogP contribution is -2.13. The lowest BCUT2D eigenvalue weighted by Gasteiger charge is -2.15. The average Bonchev–Trinajstić information content (AvgIpc) is 2.76. The number of ether oxygens (including phenoxy) is 1. The van der Waals surface area contributed by atoms with Gasteiger partial charge in [-0.25, -0.2) is 4.98 Å². The molecular weight excluding hydrogens is 200 g/mol. The van der Waals surface area contributed by atoms with Crippen LogP contribution in [0.3, 0.4) is 0 Å². The van der Waals surface area contributed by atoms with Gasteiger partial charge >= 0.3 is 0 Å². The van der Waals surface area contributed by atoms with Gasteiger partial charge in [-0.3, -0.25) is 0 Å². The van der Waals surface area contributed by atoms with Crippen molar-refractivity contribution in [3.05, 3.63) is 18.3 Å². The van der Waals surface area contributed by atoms with Gasteiger partial charge < -0.3 is 10.1 Å². The fourth-order valence-electron chi connectivity index (χ4n) is 1.73. The third kappa shape index (κ3) is 2.46. The number of pyridine rings is 1. The third-order valence-corrected chi connectivity index (χ3v) is 2.96. The van der Waals surface area contributed by atoms with Crippen LogP contribution in [0, 0.1) is 5.41 Å². The van der Waals surface area contributed by atoms with Gasteiger partial charge in [0.05, 0.1) is 6.10 Å². The third-order valence-electron chi connectivity index (χ3n) is 2.96. The average molecular weight is 220 g/mol. The van der Waals surface area contributed by atoms with Crippen molar-refractivity contribution in [3.8, 4) is 5.75 Å². The van der Waals surface area contributed by atoms with Gasteiger partial charge in [-0.05, 0) is 37.8 Å². The number of aromatic nitrogens is 1. The molecule has 0 spiro atoms. The Labute approximate surface area is 97.2 Å². The van der Waals surface area contributed by atoms with E-state index in [9.17, 15) is 0 Å². The molecule has 88 valence electrons. The lowest BCUT2D eigenvalue weighted by molar-refractivity contribution is 0.243. The van der Waals surface area contributed by atoms with Crippen molar-refractivity contribution in [2.24, 2.45) is 5.41 Å². The zero-order valence-corrected chi connectivity index (χ0v) is 10.4. The number of hydrogen-bond acceptors (Lipinski definition) is 3. The second-order valence-electron chi connectivity index (χ2n) is 5.41. The molecule has 1 fully saturated rings. The molecule has 0 aromatic carbocycles. The number of rotatable bonds is 4. The fourth-order valence-corrected chi connectivity index (χ4v) is 1.73. The molecule has 3 nitrogen and oxygen atoms in total. The summed E-state index contributed by atoms with van der Waals surface area (Å²) in [6.07, 6.45) is 3.17. The highest BCUT2D eigenvalue weighted by atomic mass is 16.5. The van der Waals surface area contributed by atoms with Gasteiger partial charge in [-0.1, -0.05) is 13.8 Å². The normalized spacial score (nSPS) is 21.9. The highest BCUT2D eigenvalue weighted by Crippen LogP contribution is 2.47. The number of hydrogen-bond donors (Lipinski definition) is 1. The maximum atomic E-state index is 5.72. The molecule has 0 radical (unpaired) electrons. The van der Waals surface area contributed by atoms with Crippen LogP contribution in [-0.4, -0.2) is 17.1 Å². The van der Waals surface area contributed by atoms with Crippen LogP contribution in [0.5, 0.6) is 5.75 Å². The summed E-state index contributed by atoms with van der Waals surface area (Å²) in [5.41, 5.74) is 0.395. The number of anilines is 1. The van der Waals surface area contributed by atoms with Crippen molar-refractivity contribution in [1.29, 1.82) is 0 Å². The summed E-state index contributed by atoms with van der Waals surface area (Å²) in [5, 5.41) is 3.44. The van der Waals surface area contributed by atoms with E-state index in [-0.39, 0.29) is 6.10 Å².